The molecule has 2 aromatic heterocycles. The number of fused-ring (bicyclic) bond motifs is 1. The molecule has 3 aliphatic rings. The van der Waals surface area contributed by atoms with Crippen molar-refractivity contribution in [2.75, 3.05) is 18.0 Å². The largest absolute Gasteiger partial charge is 0.444 e. The van der Waals surface area contributed by atoms with Gasteiger partial charge in [0.25, 0.3) is 0 Å². The number of likely N-dealkylation sites (tertiary alicyclic amines) is 1. The maximum Gasteiger partial charge on any atom is 0.416 e. The van der Waals surface area contributed by atoms with Crippen molar-refractivity contribution in [1.82, 2.24) is 19.5 Å². The minimum absolute atomic E-state index is 0.0200. The number of aromatic nitrogens is 3. The van der Waals surface area contributed by atoms with E-state index in [9.17, 15) is 22.4 Å². The Labute approximate surface area is 204 Å². The molecular formula is C25H25F4N5O2. The summed E-state index contributed by atoms with van der Waals surface area (Å²) >= 11 is 0. The van der Waals surface area contributed by atoms with Crippen molar-refractivity contribution >= 4 is 17.7 Å². The van der Waals surface area contributed by atoms with Gasteiger partial charge < -0.3 is 14.5 Å². The molecule has 3 aromatic rings. The van der Waals surface area contributed by atoms with E-state index in [1.165, 1.54) is 4.52 Å². The minimum atomic E-state index is -4.63. The number of carbonyl (C=O) groups is 1. The number of piperidine rings is 2. The molecular weight excluding hydrogens is 478 g/mol. The molecule has 1 aromatic carbocycles. The fraction of sp³-hybridized carbons (Fsp3) is 0.480. The van der Waals surface area contributed by atoms with Crippen LogP contribution in [0, 0.1) is 11.7 Å². The Morgan fingerprint density at radius 3 is 2.64 bits per heavy atom. The third kappa shape index (κ3) is 3.50. The van der Waals surface area contributed by atoms with Gasteiger partial charge in [0.2, 0.25) is 5.95 Å². The molecule has 1 aliphatic carbocycles. The molecule has 3 atom stereocenters. The first kappa shape index (κ1) is 23.1. The van der Waals surface area contributed by atoms with Gasteiger partial charge in [0, 0.05) is 30.4 Å². The van der Waals surface area contributed by atoms with Gasteiger partial charge in [0.15, 0.2) is 5.65 Å². The van der Waals surface area contributed by atoms with Gasteiger partial charge in [-0.3, -0.25) is 0 Å². The Kier molecular flexibility index (Phi) is 4.69. The second-order valence-electron chi connectivity index (χ2n) is 10.9. The van der Waals surface area contributed by atoms with Gasteiger partial charge in [-0.05, 0) is 63.8 Å². The number of alkyl halides is 3. The molecule has 36 heavy (non-hydrogen) atoms. The van der Waals surface area contributed by atoms with Crippen LogP contribution >= 0.6 is 0 Å². The summed E-state index contributed by atoms with van der Waals surface area (Å²) < 4.78 is 60.9. The Bertz CT molecular complexity index is 1380. The van der Waals surface area contributed by atoms with Crippen LogP contribution in [-0.4, -0.2) is 55.9 Å². The van der Waals surface area contributed by atoms with Crippen LogP contribution in [0.5, 0.6) is 0 Å². The van der Waals surface area contributed by atoms with Crippen molar-refractivity contribution in [3.63, 3.8) is 0 Å². The number of carbonyl (C=O) groups excluding carboxylic acids is 1. The molecule has 6 rings (SSSR count). The van der Waals surface area contributed by atoms with Crippen LogP contribution in [-0.2, 0) is 10.9 Å². The molecule has 2 bridgehead atoms. The van der Waals surface area contributed by atoms with Crippen LogP contribution in [0.3, 0.4) is 0 Å². The molecule has 0 radical (unpaired) electrons. The third-order valence-corrected chi connectivity index (χ3v) is 7.36. The number of rotatable bonds is 2. The van der Waals surface area contributed by atoms with Crippen molar-refractivity contribution in [2.45, 2.75) is 57.0 Å². The zero-order valence-electron chi connectivity index (χ0n) is 20.0. The fourth-order valence-electron chi connectivity index (χ4n) is 5.93. The van der Waals surface area contributed by atoms with Crippen LogP contribution in [0.2, 0.25) is 0 Å². The lowest BCUT2D eigenvalue weighted by atomic mass is 9.99. The number of hydrogen-bond donors (Lipinski definition) is 0. The second-order valence-corrected chi connectivity index (χ2v) is 10.9. The maximum absolute atomic E-state index is 14.8. The number of ether oxygens (including phenoxy) is 1. The Balaban J connectivity index is 1.32. The van der Waals surface area contributed by atoms with Crippen molar-refractivity contribution in [3.8, 4) is 11.1 Å². The summed E-state index contributed by atoms with van der Waals surface area (Å²) in [6.07, 6.45) is -1.39. The predicted octanol–water partition coefficient (Wildman–Crippen LogP) is 5.14. The second kappa shape index (κ2) is 7.33. The van der Waals surface area contributed by atoms with E-state index < -0.39 is 23.2 Å². The summed E-state index contributed by atoms with van der Waals surface area (Å²) in [6.45, 7) is 6.63. The van der Waals surface area contributed by atoms with Crippen LogP contribution in [0.25, 0.3) is 16.8 Å². The summed E-state index contributed by atoms with van der Waals surface area (Å²) in [7, 11) is 0. The fourth-order valence-corrected chi connectivity index (χ4v) is 5.93. The molecule has 11 heteroatoms. The highest BCUT2D eigenvalue weighted by Crippen LogP contribution is 2.60. The highest BCUT2D eigenvalue weighted by Gasteiger charge is 2.73. The molecule has 0 unspecified atom stereocenters. The number of nitrogens with zero attached hydrogens (tertiary/aromatic N) is 5. The van der Waals surface area contributed by atoms with E-state index in [-0.39, 0.29) is 29.2 Å². The first-order chi connectivity index (χ1) is 16.9. The van der Waals surface area contributed by atoms with Crippen LogP contribution in [0.15, 0.2) is 36.5 Å². The average molecular weight is 504 g/mol. The van der Waals surface area contributed by atoms with Crippen molar-refractivity contribution in [3.05, 3.63) is 47.9 Å². The molecule has 1 saturated carbocycles. The lowest BCUT2D eigenvalue weighted by Crippen LogP contribution is -2.47. The van der Waals surface area contributed by atoms with E-state index in [1.54, 1.807) is 23.2 Å². The molecule has 2 saturated heterocycles. The standard InChI is InChI=1S/C25H25F4N5O2/c1-23(2,3)36-22(35)32-12-14-8-9-24(13-32)19(14)34(24)21-30-20-17(5-4-10-33(20)31-21)16-7-6-15(11-18(16)26)25(27,28)29/h4-7,10-11,14,19H,8-9,12-13H2,1-3H3/t14-,19-,24-,34?/m0/s1. The van der Waals surface area contributed by atoms with Crippen LogP contribution in [0.4, 0.5) is 28.3 Å². The lowest BCUT2D eigenvalue weighted by Gasteiger charge is -2.31. The SMILES string of the molecule is CC(C)(C)OC(=O)N1C[C@@H]2CC[C@]3(C1)[C@H]2N3c1nc2c(-c3ccc(C(F)(F)F)cc3F)cccn2n1. The van der Waals surface area contributed by atoms with Crippen molar-refractivity contribution < 1.29 is 27.1 Å². The van der Waals surface area contributed by atoms with Gasteiger partial charge in [0.1, 0.15) is 11.4 Å². The normalized spacial score (nSPS) is 25.3. The third-order valence-electron chi connectivity index (χ3n) is 7.36. The van der Waals surface area contributed by atoms with Gasteiger partial charge in [-0.15, -0.1) is 5.10 Å². The van der Waals surface area contributed by atoms with Gasteiger partial charge in [-0.25, -0.2) is 13.7 Å². The molecule has 190 valence electrons. The molecule has 7 nitrogen and oxygen atoms in total. The zero-order valence-corrected chi connectivity index (χ0v) is 20.0. The number of anilines is 1. The summed E-state index contributed by atoms with van der Waals surface area (Å²) in [5, 5.41) is 4.61. The average Bonchev–Trinajstić information content (AvgIpc) is 3.15. The molecule has 3 fully saturated rings. The zero-order chi connectivity index (χ0) is 25.6. The van der Waals surface area contributed by atoms with E-state index in [0.717, 1.165) is 25.0 Å². The quantitative estimate of drug-likeness (QED) is 0.358. The topological polar surface area (TPSA) is 62.7 Å². The monoisotopic (exact) mass is 503 g/mol. The summed E-state index contributed by atoms with van der Waals surface area (Å²) in [6, 6.07) is 5.96. The summed E-state index contributed by atoms with van der Waals surface area (Å²) in [5.74, 6) is -0.242. The van der Waals surface area contributed by atoms with E-state index in [4.69, 9.17) is 4.74 Å². The predicted molar refractivity (Wildman–Crippen MR) is 123 cm³/mol. The Hall–Kier alpha value is -3.37. The van der Waals surface area contributed by atoms with Crippen molar-refractivity contribution in [2.24, 2.45) is 5.92 Å². The van der Waals surface area contributed by atoms with Gasteiger partial charge >= 0.3 is 12.3 Å². The molecule has 1 amide bonds. The van der Waals surface area contributed by atoms with Gasteiger partial charge in [-0.2, -0.15) is 18.2 Å². The van der Waals surface area contributed by atoms with Gasteiger partial charge in [-0.1, -0.05) is 6.07 Å². The highest BCUT2D eigenvalue weighted by atomic mass is 19.4. The molecule has 0 N–H and O–H groups in total. The van der Waals surface area contributed by atoms with Gasteiger partial charge in [0.05, 0.1) is 17.1 Å². The smallest absolute Gasteiger partial charge is 0.416 e. The molecule has 4 heterocycles. The van der Waals surface area contributed by atoms with Crippen LogP contribution < -0.4 is 4.90 Å². The van der Waals surface area contributed by atoms with Crippen molar-refractivity contribution in [1.29, 1.82) is 0 Å². The van der Waals surface area contributed by atoms with E-state index in [2.05, 4.69) is 15.0 Å². The Morgan fingerprint density at radius 1 is 1.17 bits per heavy atom. The van der Waals surface area contributed by atoms with Crippen LogP contribution in [0.1, 0.15) is 39.2 Å². The number of hydrogen-bond acceptors (Lipinski definition) is 5. The Morgan fingerprint density at radius 2 is 1.94 bits per heavy atom. The number of halogens is 4. The first-order valence-corrected chi connectivity index (χ1v) is 11.9. The first-order valence-electron chi connectivity index (χ1n) is 11.9. The number of amides is 1. The van der Waals surface area contributed by atoms with E-state index in [1.807, 2.05) is 20.8 Å². The van der Waals surface area contributed by atoms with E-state index >= 15 is 0 Å². The summed E-state index contributed by atoms with van der Waals surface area (Å²) in [5.41, 5.74) is -1.16. The highest BCUT2D eigenvalue weighted by molar-refractivity contribution is 5.79. The molecule has 2 aliphatic heterocycles. The number of benzene rings is 1. The molecule has 0 spiro atoms. The summed E-state index contributed by atoms with van der Waals surface area (Å²) in [4.78, 5) is 21.3. The van der Waals surface area contributed by atoms with E-state index in [0.29, 0.717) is 36.3 Å². The number of pyridine rings is 1. The minimum Gasteiger partial charge on any atom is -0.444 e. The lowest BCUT2D eigenvalue weighted by molar-refractivity contribution is -0.137. The maximum atomic E-state index is 14.8.